The van der Waals surface area contributed by atoms with Crippen LogP contribution >= 0.6 is 15.9 Å². The molecule has 3 rings (SSSR count). The fraction of sp³-hybridized carbons (Fsp3) is 0.400. The highest BCUT2D eigenvalue weighted by atomic mass is 79.9. The van der Waals surface area contributed by atoms with Gasteiger partial charge in [0.1, 0.15) is 11.4 Å². The maximum Gasteiger partial charge on any atom is 0.126 e. The minimum Gasteiger partial charge on any atom is -0.486 e. The molecule has 1 N–H and O–H groups in total. The van der Waals surface area contributed by atoms with Crippen LogP contribution in [-0.4, -0.2) is 20.5 Å². The summed E-state index contributed by atoms with van der Waals surface area (Å²) in [5, 5.41) is 11.5. The Morgan fingerprint density at radius 3 is 2.84 bits per heavy atom. The van der Waals surface area contributed by atoms with Gasteiger partial charge in [0.15, 0.2) is 0 Å². The van der Waals surface area contributed by atoms with Gasteiger partial charge in [-0.05, 0) is 44.5 Å². The van der Waals surface area contributed by atoms with Gasteiger partial charge in [-0.15, -0.1) is 0 Å². The van der Waals surface area contributed by atoms with E-state index in [1.807, 2.05) is 39.0 Å². The molecule has 1 aliphatic heterocycles. The van der Waals surface area contributed by atoms with Crippen LogP contribution < -0.4 is 4.74 Å². The second kappa shape index (κ2) is 4.18. The number of rotatable bonds is 0. The summed E-state index contributed by atoms with van der Waals surface area (Å²) in [6, 6.07) is 5.88. The van der Waals surface area contributed by atoms with E-state index in [1.54, 1.807) is 6.20 Å². The first-order valence-corrected chi connectivity index (χ1v) is 7.22. The second-order valence-corrected chi connectivity index (χ2v) is 6.57. The summed E-state index contributed by atoms with van der Waals surface area (Å²) >= 11 is 3.53. The fourth-order valence-corrected chi connectivity index (χ4v) is 2.90. The van der Waals surface area contributed by atoms with E-state index in [2.05, 4.69) is 20.9 Å². The van der Waals surface area contributed by atoms with E-state index in [0.29, 0.717) is 0 Å². The van der Waals surface area contributed by atoms with E-state index in [0.717, 1.165) is 27.8 Å². The Morgan fingerprint density at radius 2 is 2.11 bits per heavy atom. The van der Waals surface area contributed by atoms with Crippen molar-refractivity contribution in [2.45, 2.75) is 37.3 Å². The van der Waals surface area contributed by atoms with Crippen LogP contribution in [0.1, 0.15) is 31.1 Å². The van der Waals surface area contributed by atoms with Gasteiger partial charge in [0, 0.05) is 17.1 Å². The van der Waals surface area contributed by atoms with Crippen molar-refractivity contribution in [2.24, 2.45) is 0 Å². The monoisotopic (exact) mass is 321 g/mol. The molecule has 2 atom stereocenters. The minimum atomic E-state index is -0.592. The second-order valence-electron chi connectivity index (χ2n) is 5.59. The molecular formula is C15H16BrNO2. The number of ether oxygens (including phenoxy) is 1. The maximum absolute atomic E-state index is 10.4. The minimum absolute atomic E-state index is 0.144. The Balaban J connectivity index is 2.26. The Morgan fingerprint density at radius 1 is 1.37 bits per heavy atom. The lowest BCUT2D eigenvalue weighted by atomic mass is 9.90. The first-order chi connectivity index (χ1) is 8.90. The summed E-state index contributed by atoms with van der Waals surface area (Å²) in [5.41, 5.74) is 2.40. The third kappa shape index (κ3) is 1.94. The summed E-state index contributed by atoms with van der Waals surface area (Å²) in [7, 11) is 0. The van der Waals surface area contributed by atoms with Gasteiger partial charge < -0.3 is 9.84 Å². The molecule has 0 radical (unpaired) electrons. The highest BCUT2D eigenvalue weighted by Gasteiger charge is 2.41. The smallest absolute Gasteiger partial charge is 0.126 e. The lowest BCUT2D eigenvalue weighted by Gasteiger charge is -2.40. The number of alkyl halides is 1. The largest absolute Gasteiger partial charge is 0.486 e. The molecule has 19 heavy (non-hydrogen) atoms. The van der Waals surface area contributed by atoms with Crippen molar-refractivity contribution in [1.82, 2.24) is 4.98 Å². The van der Waals surface area contributed by atoms with Gasteiger partial charge in [-0.2, -0.15) is 0 Å². The van der Waals surface area contributed by atoms with Crippen LogP contribution in [0.15, 0.2) is 24.4 Å². The molecule has 0 aliphatic carbocycles. The predicted octanol–water partition coefficient (Wildman–Crippen LogP) is 3.51. The van der Waals surface area contributed by atoms with Crippen LogP contribution in [0.4, 0.5) is 0 Å². The number of halogens is 1. The van der Waals surface area contributed by atoms with Crippen molar-refractivity contribution in [2.75, 3.05) is 0 Å². The van der Waals surface area contributed by atoms with E-state index in [-0.39, 0.29) is 4.83 Å². The zero-order chi connectivity index (χ0) is 13.8. The molecule has 2 heterocycles. The van der Waals surface area contributed by atoms with Crippen molar-refractivity contribution in [3.05, 3.63) is 35.5 Å². The number of nitrogens with zero attached hydrogens (tertiary/aromatic N) is 1. The van der Waals surface area contributed by atoms with Gasteiger partial charge >= 0.3 is 0 Å². The summed E-state index contributed by atoms with van der Waals surface area (Å²) in [4.78, 5) is 4.22. The van der Waals surface area contributed by atoms with Crippen LogP contribution in [0.2, 0.25) is 0 Å². The highest BCUT2D eigenvalue weighted by molar-refractivity contribution is 9.09. The topological polar surface area (TPSA) is 42.4 Å². The van der Waals surface area contributed by atoms with Gasteiger partial charge in [-0.3, -0.25) is 4.98 Å². The zero-order valence-electron chi connectivity index (χ0n) is 11.1. The SMILES string of the molecule is Cc1ccnc2cc3c(cc12)OC(C)(C)[C@@H](Br)[C@@H]3O. The van der Waals surface area contributed by atoms with Crippen LogP contribution in [0, 0.1) is 6.92 Å². The number of aliphatic hydroxyl groups excluding tert-OH is 1. The molecule has 2 aromatic rings. The van der Waals surface area contributed by atoms with Crippen LogP contribution in [-0.2, 0) is 0 Å². The van der Waals surface area contributed by atoms with Crippen molar-refractivity contribution >= 4 is 26.8 Å². The number of hydrogen-bond acceptors (Lipinski definition) is 3. The van der Waals surface area contributed by atoms with Gasteiger partial charge in [0.2, 0.25) is 0 Å². The number of fused-ring (bicyclic) bond motifs is 2. The number of aliphatic hydroxyl groups is 1. The molecule has 0 amide bonds. The van der Waals surface area contributed by atoms with Gasteiger partial charge in [0.25, 0.3) is 0 Å². The lowest BCUT2D eigenvalue weighted by molar-refractivity contribution is 0.0228. The van der Waals surface area contributed by atoms with Crippen molar-refractivity contribution in [3.63, 3.8) is 0 Å². The fourth-order valence-electron chi connectivity index (χ4n) is 2.52. The third-order valence-electron chi connectivity index (χ3n) is 3.72. The molecule has 3 nitrogen and oxygen atoms in total. The van der Waals surface area contributed by atoms with Crippen LogP contribution in [0.5, 0.6) is 5.75 Å². The van der Waals surface area contributed by atoms with E-state index < -0.39 is 11.7 Å². The molecule has 0 bridgehead atoms. The zero-order valence-corrected chi connectivity index (χ0v) is 12.7. The normalized spacial score (nSPS) is 24.9. The number of pyridine rings is 1. The molecule has 1 aliphatic rings. The molecule has 0 spiro atoms. The van der Waals surface area contributed by atoms with E-state index >= 15 is 0 Å². The van der Waals surface area contributed by atoms with Crippen LogP contribution in [0.3, 0.4) is 0 Å². The molecule has 0 fully saturated rings. The maximum atomic E-state index is 10.4. The van der Waals surface area contributed by atoms with Gasteiger partial charge in [0.05, 0.1) is 16.4 Å². The first-order valence-electron chi connectivity index (χ1n) is 6.30. The molecule has 0 unspecified atom stereocenters. The molecule has 4 heteroatoms. The number of benzene rings is 1. The van der Waals surface area contributed by atoms with Crippen molar-refractivity contribution in [1.29, 1.82) is 0 Å². The molecule has 1 aromatic carbocycles. The molecule has 100 valence electrons. The first kappa shape index (κ1) is 12.9. The lowest BCUT2D eigenvalue weighted by Crippen LogP contribution is -2.45. The summed E-state index contributed by atoms with van der Waals surface area (Å²) in [5.74, 6) is 0.747. The van der Waals surface area contributed by atoms with E-state index in [1.165, 1.54) is 0 Å². The van der Waals surface area contributed by atoms with Crippen LogP contribution in [0.25, 0.3) is 10.9 Å². The third-order valence-corrected chi connectivity index (χ3v) is 5.33. The molecule has 0 saturated heterocycles. The Bertz CT molecular complexity index is 654. The van der Waals surface area contributed by atoms with E-state index in [4.69, 9.17) is 4.74 Å². The standard InChI is InChI=1S/C15H16BrNO2/c1-8-4-5-17-11-6-10-12(7-9(8)11)19-15(2,3)14(16)13(10)18/h4-7,13-14,18H,1-3H3/t13-,14+/m1/s1. The van der Waals surface area contributed by atoms with E-state index in [9.17, 15) is 5.11 Å². The molecular weight excluding hydrogens is 306 g/mol. The average molecular weight is 322 g/mol. The Hall–Kier alpha value is -1.13. The summed E-state index contributed by atoms with van der Waals surface area (Å²) in [6.45, 7) is 5.99. The Labute approximate surface area is 120 Å². The number of hydrogen-bond donors (Lipinski definition) is 1. The number of aryl methyl sites for hydroxylation is 1. The highest BCUT2D eigenvalue weighted by Crippen LogP contribution is 2.44. The summed E-state index contributed by atoms with van der Waals surface area (Å²) in [6.07, 6.45) is 1.20. The quantitative estimate of drug-likeness (QED) is 0.755. The van der Waals surface area contributed by atoms with Crippen molar-refractivity contribution < 1.29 is 9.84 Å². The average Bonchev–Trinajstić information content (AvgIpc) is 2.35. The summed E-state index contributed by atoms with van der Waals surface area (Å²) < 4.78 is 6.03. The predicted molar refractivity (Wildman–Crippen MR) is 78.9 cm³/mol. The van der Waals surface area contributed by atoms with Crippen molar-refractivity contribution in [3.8, 4) is 5.75 Å². The van der Waals surface area contributed by atoms with Gasteiger partial charge in [-0.1, -0.05) is 15.9 Å². The molecule has 0 saturated carbocycles. The number of aromatic nitrogens is 1. The van der Waals surface area contributed by atoms with Gasteiger partial charge in [-0.25, -0.2) is 0 Å². The Kier molecular flexibility index (Phi) is 2.84. The molecule has 1 aromatic heterocycles.